The van der Waals surface area contributed by atoms with Crippen molar-refractivity contribution in [2.45, 2.75) is 20.0 Å². The highest BCUT2D eigenvalue weighted by Crippen LogP contribution is 2.11. The van der Waals surface area contributed by atoms with E-state index in [0.717, 1.165) is 5.56 Å². The van der Waals surface area contributed by atoms with E-state index in [4.69, 9.17) is 21.3 Å². The van der Waals surface area contributed by atoms with Crippen molar-refractivity contribution in [1.82, 2.24) is 9.99 Å². The van der Waals surface area contributed by atoms with Gasteiger partial charge in [-0.2, -0.15) is 5.10 Å². The first-order chi connectivity index (χ1) is 15.0. The van der Waals surface area contributed by atoms with Crippen molar-refractivity contribution < 1.29 is 14.4 Å². The van der Waals surface area contributed by atoms with E-state index in [2.05, 4.69) is 20.6 Å². The topological polar surface area (TPSA) is 140 Å². The Hall–Kier alpha value is -3.50. The number of nitrogens with one attached hydrogen (secondary N) is 1. The van der Waals surface area contributed by atoms with Crippen LogP contribution in [0.2, 0.25) is 0 Å². The number of ether oxygens (including phenoxy) is 1. The van der Waals surface area contributed by atoms with Crippen LogP contribution in [0.4, 0.5) is 5.82 Å². The Morgan fingerprint density at radius 2 is 1.97 bits per heavy atom. The van der Waals surface area contributed by atoms with Crippen LogP contribution in [0.3, 0.4) is 0 Å². The van der Waals surface area contributed by atoms with E-state index in [9.17, 15) is 4.79 Å². The van der Waals surface area contributed by atoms with Gasteiger partial charge in [-0.1, -0.05) is 48.5 Å². The van der Waals surface area contributed by atoms with Gasteiger partial charge in [0.15, 0.2) is 18.2 Å². The van der Waals surface area contributed by atoms with Crippen LogP contribution in [-0.4, -0.2) is 48.2 Å². The predicted octanol–water partition coefficient (Wildman–Crippen LogP) is 1.69. The number of likely N-dealkylation sites (N-methyl/N-ethyl adjacent to an activating group) is 1. The van der Waals surface area contributed by atoms with Crippen LogP contribution < -0.4 is 17.0 Å². The summed E-state index contributed by atoms with van der Waals surface area (Å²) >= 11 is 0. The number of oxime groups is 1. The molecule has 10 nitrogen and oxygen atoms in total. The third-order valence-corrected chi connectivity index (χ3v) is 4.34. The quantitative estimate of drug-likeness (QED) is 0.227. The van der Waals surface area contributed by atoms with E-state index in [1.54, 1.807) is 32.4 Å². The minimum atomic E-state index is -0.193. The Bertz CT molecular complexity index is 901. The number of hydrazine groups is 1. The van der Waals surface area contributed by atoms with Gasteiger partial charge < -0.3 is 20.7 Å². The van der Waals surface area contributed by atoms with E-state index < -0.39 is 0 Å². The Balaban J connectivity index is 2.09. The highest BCUT2D eigenvalue weighted by atomic mass is 16.6. The zero-order chi connectivity index (χ0) is 22.6. The molecule has 0 aliphatic heterocycles. The van der Waals surface area contributed by atoms with E-state index in [1.165, 1.54) is 5.01 Å². The molecule has 0 radical (unpaired) electrons. The maximum Gasteiger partial charge on any atom is 0.228 e. The molecule has 0 saturated carbocycles. The lowest BCUT2D eigenvalue weighted by Gasteiger charge is -2.16. The first-order valence-electron chi connectivity index (χ1n) is 9.74. The number of carbonyl (C=O) groups excluding carboxylic acids is 1. The molecule has 1 unspecified atom stereocenters. The summed E-state index contributed by atoms with van der Waals surface area (Å²) in [7, 11) is 3.21. The normalized spacial score (nSPS) is 12.9. The minimum absolute atomic E-state index is 0.0748. The highest BCUT2D eigenvalue weighted by Gasteiger charge is 2.16. The van der Waals surface area contributed by atoms with E-state index >= 15 is 0 Å². The van der Waals surface area contributed by atoms with Gasteiger partial charge in [0.05, 0.1) is 5.69 Å². The number of amides is 1. The molecular weight excluding hydrogens is 398 g/mol. The van der Waals surface area contributed by atoms with Crippen molar-refractivity contribution in [2.75, 3.05) is 26.1 Å². The lowest BCUT2D eigenvalue weighted by molar-refractivity contribution is -0.119. The van der Waals surface area contributed by atoms with Crippen LogP contribution >= 0.6 is 0 Å². The monoisotopic (exact) mass is 427 g/mol. The number of pyridine rings is 1. The SMILES string of the molecule is COCCC(C)C(=O)Nc1cccc(CO/N=C(\C(=N\N)N(C)N)c2ccccc2)n1. The molecule has 1 heterocycles. The molecule has 0 saturated heterocycles. The van der Waals surface area contributed by atoms with Gasteiger partial charge in [0.2, 0.25) is 5.91 Å². The Morgan fingerprint density at radius 3 is 2.61 bits per heavy atom. The maximum absolute atomic E-state index is 12.3. The smallest absolute Gasteiger partial charge is 0.228 e. The molecule has 5 N–H and O–H groups in total. The second-order valence-electron chi connectivity index (χ2n) is 6.83. The summed E-state index contributed by atoms with van der Waals surface area (Å²) in [6.45, 7) is 2.43. The number of hydrogen-bond donors (Lipinski definition) is 3. The van der Waals surface area contributed by atoms with Crippen LogP contribution in [0.1, 0.15) is 24.6 Å². The van der Waals surface area contributed by atoms with Crippen LogP contribution in [-0.2, 0) is 21.0 Å². The molecule has 0 fully saturated rings. The minimum Gasteiger partial charge on any atom is -0.389 e. The van der Waals surface area contributed by atoms with Gasteiger partial charge in [-0.15, -0.1) is 0 Å². The van der Waals surface area contributed by atoms with Crippen molar-refractivity contribution >= 4 is 23.3 Å². The van der Waals surface area contributed by atoms with Crippen molar-refractivity contribution in [2.24, 2.45) is 27.9 Å². The van der Waals surface area contributed by atoms with Gasteiger partial charge >= 0.3 is 0 Å². The number of amidine groups is 1. The number of rotatable bonds is 10. The van der Waals surface area contributed by atoms with Crippen molar-refractivity contribution in [3.05, 3.63) is 59.8 Å². The molecule has 10 heteroatoms. The lowest BCUT2D eigenvalue weighted by Crippen LogP contribution is -2.40. The van der Waals surface area contributed by atoms with Crippen LogP contribution in [0.25, 0.3) is 0 Å². The van der Waals surface area contributed by atoms with Crippen molar-refractivity contribution in [3.8, 4) is 0 Å². The third-order valence-electron chi connectivity index (χ3n) is 4.34. The summed E-state index contributed by atoms with van der Waals surface area (Å²) in [5, 5.41) is 11.9. The zero-order valence-corrected chi connectivity index (χ0v) is 18.0. The molecule has 0 aliphatic rings. The first kappa shape index (κ1) is 23.8. The van der Waals surface area contributed by atoms with E-state index in [0.29, 0.717) is 30.3 Å². The van der Waals surface area contributed by atoms with Gasteiger partial charge in [0.1, 0.15) is 5.82 Å². The molecular formula is C21H29N7O3. The molecule has 2 rings (SSSR count). The first-order valence-corrected chi connectivity index (χ1v) is 9.74. The lowest BCUT2D eigenvalue weighted by atomic mass is 10.1. The standard InChI is InChI=1S/C21H29N7O3/c1-15(12-13-30-3)21(29)25-18-11-7-10-17(24-18)14-31-27-19(20(26-22)28(2)23)16-8-5-4-6-9-16/h4-11,15H,12-14,22-23H2,1-3H3,(H,24,25,29)/b26-20-,27-19-. The largest absolute Gasteiger partial charge is 0.389 e. The molecule has 1 aromatic carbocycles. The van der Waals surface area contributed by atoms with Gasteiger partial charge in [-0.05, 0) is 18.6 Å². The van der Waals surface area contributed by atoms with Gasteiger partial charge in [0, 0.05) is 32.2 Å². The summed E-state index contributed by atoms with van der Waals surface area (Å²) in [4.78, 5) is 22.2. The number of benzene rings is 1. The second-order valence-corrected chi connectivity index (χ2v) is 6.83. The fourth-order valence-electron chi connectivity index (χ4n) is 2.61. The fourth-order valence-corrected chi connectivity index (χ4v) is 2.61. The molecule has 1 amide bonds. The molecule has 166 valence electrons. The number of nitrogens with zero attached hydrogens (tertiary/aromatic N) is 4. The number of carbonyl (C=O) groups is 1. The predicted molar refractivity (Wildman–Crippen MR) is 120 cm³/mol. The third kappa shape index (κ3) is 7.36. The summed E-state index contributed by atoms with van der Waals surface area (Å²) in [6.07, 6.45) is 0.628. The van der Waals surface area contributed by atoms with Gasteiger partial charge in [-0.25, -0.2) is 10.8 Å². The zero-order valence-electron chi connectivity index (χ0n) is 18.0. The van der Waals surface area contributed by atoms with Crippen LogP contribution in [0.5, 0.6) is 0 Å². The number of hydrazone groups is 1. The fraction of sp³-hybridized carbons (Fsp3) is 0.333. The summed E-state index contributed by atoms with van der Waals surface area (Å²) in [6, 6.07) is 14.6. The number of nitrogens with two attached hydrogens (primary N) is 2. The summed E-state index contributed by atoms with van der Waals surface area (Å²) < 4.78 is 5.02. The van der Waals surface area contributed by atoms with Crippen LogP contribution in [0, 0.1) is 5.92 Å². The number of hydrogen-bond acceptors (Lipinski definition) is 8. The maximum atomic E-state index is 12.3. The highest BCUT2D eigenvalue weighted by molar-refractivity contribution is 6.47. The molecule has 0 aliphatic carbocycles. The Labute approximate surface area is 181 Å². The second kappa shape index (κ2) is 12.3. The molecule has 1 atom stereocenters. The average Bonchev–Trinajstić information content (AvgIpc) is 2.77. The Morgan fingerprint density at radius 1 is 1.23 bits per heavy atom. The number of aromatic nitrogens is 1. The molecule has 0 bridgehead atoms. The average molecular weight is 428 g/mol. The molecule has 2 aromatic rings. The molecule has 1 aromatic heterocycles. The van der Waals surface area contributed by atoms with Crippen molar-refractivity contribution in [1.29, 1.82) is 0 Å². The van der Waals surface area contributed by atoms with Gasteiger partial charge in [0.25, 0.3) is 0 Å². The van der Waals surface area contributed by atoms with Gasteiger partial charge in [-0.3, -0.25) is 9.80 Å². The number of anilines is 1. The van der Waals surface area contributed by atoms with Crippen molar-refractivity contribution in [3.63, 3.8) is 0 Å². The van der Waals surface area contributed by atoms with E-state index in [-0.39, 0.29) is 24.3 Å². The van der Waals surface area contributed by atoms with Crippen LogP contribution in [0.15, 0.2) is 58.8 Å². The molecule has 0 spiro atoms. The van der Waals surface area contributed by atoms with E-state index in [1.807, 2.05) is 37.3 Å². The summed E-state index contributed by atoms with van der Waals surface area (Å²) in [5.74, 6) is 11.7. The number of methoxy groups -OCH3 is 1. The molecule has 31 heavy (non-hydrogen) atoms. The summed E-state index contributed by atoms with van der Waals surface area (Å²) in [5.41, 5.74) is 1.71. The Kier molecular flexibility index (Phi) is 9.40.